The molecule has 0 aliphatic carbocycles. The number of benzene rings is 3. The topological polar surface area (TPSA) is 53.5 Å². The fraction of sp³-hybridized carbons (Fsp3) is 0.217. The van der Waals surface area contributed by atoms with Gasteiger partial charge in [-0.1, -0.05) is 56.1 Å². The maximum Gasteiger partial charge on any atom is 0.120 e. The predicted molar refractivity (Wildman–Crippen MR) is 122 cm³/mol. The van der Waals surface area contributed by atoms with Crippen molar-refractivity contribution in [3.05, 3.63) is 92.4 Å². The van der Waals surface area contributed by atoms with Gasteiger partial charge in [0.25, 0.3) is 0 Å². The third kappa shape index (κ3) is 4.67. The van der Waals surface area contributed by atoms with Crippen molar-refractivity contribution in [3.63, 3.8) is 0 Å². The number of hydrogen-bond donors (Lipinski definition) is 3. The third-order valence-corrected chi connectivity index (χ3v) is 6.29. The van der Waals surface area contributed by atoms with Crippen molar-refractivity contribution in [1.29, 1.82) is 0 Å². The van der Waals surface area contributed by atoms with E-state index in [1.165, 1.54) is 0 Å². The van der Waals surface area contributed by atoms with Gasteiger partial charge in [0.2, 0.25) is 0 Å². The third-order valence-electron chi connectivity index (χ3n) is 5.27. The van der Waals surface area contributed by atoms with Crippen molar-refractivity contribution in [3.8, 4) is 11.5 Å². The first-order chi connectivity index (χ1) is 14.0. The van der Waals surface area contributed by atoms with Gasteiger partial charge in [0.1, 0.15) is 11.5 Å². The first kappa shape index (κ1) is 20.4. The Kier molecular flexibility index (Phi) is 6.25. The lowest BCUT2D eigenvalue weighted by atomic mass is 9.90. The highest BCUT2D eigenvalue weighted by Crippen LogP contribution is 2.39. The van der Waals surface area contributed by atoms with Gasteiger partial charge in [0, 0.05) is 26.6 Å². The van der Waals surface area contributed by atoms with E-state index in [2.05, 4.69) is 66.8 Å². The number of phenols is 1. The molecule has 3 aromatic carbocycles. The molecule has 3 aromatic rings. The molecule has 0 bridgehead atoms. The zero-order chi connectivity index (χ0) is 20.4. The van der Waals surface area contributed by atoms with Crippen molar-refractivity contribution in [2.45, 2.75) is 24.7 Å². The molecule has 1 fully saturated rings. The highest BCUT2D eigenvalue weighted by atomic mass is 79.9. The normalized spacial score (nSPS) is 21.7. The second-order valence-electron chi connectivity index (χ2n) is 7.14. The minimum Gasteiger partial charge on any atom is -0.508 e. The number of phenolic OH excluding ortho intramolecular Hbond substituents is 1. The van der Waals surface area contributed by atoms with E-state index in [4.69, 9.17) is 4.74 Å². The average Bonchev–Trinajstić information content (AvgIpc) is 2.75. The maximum absolute atomic E-state index is 10.5. The summed E-state index contributed by atoms with van der Waals surface area (Å²) >= 11 is 7.04. The first-order valence-corrected chi connectivity index (χ1v) is 11.0. The Labute approximate surface area is 187 Å². The molecule has 4 nitrogen and oxygen atoms in total. The molecule has 1 aliphatic heterocycles. The quantitative estimate of drug-likeness (QED) is 0.398. The molecule has 6 heteroatoms. The standard InChI is InChI=1S/C23H22Br2N2O2/c1-29-18-4-2-3-15(11-18)20-13-21(19-12-17(25)9-10-22(19)28)27-23(26-20)14-5-7-16(24)8-6-14/h2-12,20-21,23,26-28H,13H2,1H3. The molecule has 3 atom stereocenters. The van der Waals surface area contributed by atoms with Crippen LogP contribution in [0, 0.1) is 0 Å². The van der Waals surface area contributed by atoms with Crippen LogP contribution in [0.15, 0.2) is 75.7 Å². The van der Waals surface area contributed by atoms with Gasteiger partial charge in [-0.05, 0) is 60.0 Å². The van der Waals surface area contributed by atoms with E-state index >= 15 is 0 Å². The smallest absolute Gasteiger partial charge is 0.120 e. The summed E-state index contributed by atoms with van der Waals surface area (Å²) in [6.45, 7) is 0. The number of rotatable bonds is 4. The summed E-state index contributed by atoms with van der Waals surface area (Å²) < 4.78 is 7.41. The average molecular weight is 518 g/mol. The Balaban J connectivity index is 1.71. The van der Waals surface area contributed by atoms with E-state index in [0.29, 0.717) is 5.75 Å². The maximum atomic E-state index is 10.5. The van der Waals surface area contributed by atoms with Gasteiger partial charge in [0.15, 0.2) is 0 Å². The molecule has 29 heavy (non-hydrogen) atoms. The minimum atomic E-state index is -0.0589. The fourth-order valence-corrected chi connectivity index (χ4v) is 4.42. The lowest BCUT2D eigenvalue weighted by Crippen LogP contribution is -2.45. The Hall–Kier alpha value is -1.86. The Bertz CT molecular complexity index is 994. The Morgan fingerprint density at radius 3 is 2.34 bits per heavy atom. The van der Waals surface area contributed by atoms with Gasteiger partial charge in [0.05, 0.1) is 13.3 Å². The molecule has 4 rings (SSSR count). The number of ether oxygens (including phenoxy) is 1. The van der Waals surface area contributed by atoms with Crippen molar-refractivity contribution in [2.24, 2.45) is 0 Å². The van der Waals surface area contributed by atoms with E-state index in [-0.39, 0.29) is 18.2 Å². The molecule has 150 valence electrons. The zero-order valence-electron chi connectivity index (χ0n) is 15.9. The van der Waals surface area contributed by atoms with Gasteiger partial charge in [-0.25, -0.2) is 0 Å². The van der Waals surface area contributed by atoms with Crippen LogP contribution in [0.1, 0.15) is 41.4 Å². The van der Waals surface area contributed by atoms with Crippen LogP contribution in [0.25, 0.3) is 0 Å². The van der Waals surface area contributed by atoms with Crippen LogP contribution in [-0.2, 0) is 0 Å². The second kappa shape index (κ2) is 8.88. The SMILES string of the molecule is COc1cccc(C2CC(c3cc(Br)ccc3O)NC(c3ccc(Br)cc3)N2)c1. The number of aromatic hydroxyl groups is 1. The molecule has 0 saturated carbocycles. The monoisotopic (exact) mass is 516 g/mol. The van der Waals surface area contributed by atoms with Crippen LogP contribution in [0.3, 0.4) is 0 Å². The zero-order valence-corrected chi connectivity index (χ0v) is 19.1. The van der Waals surface area contributed by atoms with Crippen LogP contribution in [0.4, 0.5) is 0 Å². The largest absolute Gasteiger partial charge is 0.508 e. The van der Waals surface area contributed by atoms with Crippen LogP contribution in [-0.4, -0.2) is 12.2 Å². The van der Waals surface area contributed by atoms with Crippen molar-refractivity contribution in [2.75, 3.05) is 7.11 Å². The van der Waals surface area contributed by atoms with E-state index in [9.17, 15) is 5.11 Å². The summed E-state index contributed by atoms with van der Waals surface area (Å²) in [6, 6.07) is 22.1. The van der Waals surface area contributed by atoms with Gasteiger partial charge < -0.3 is 9.84 Å². The molecule has 0 aromatic heterocycles. The van der Waals surface area contributed by atoms with Crippen molar-refractivity contribution in [1.82, 2.24) is 10.6 Å². The van der Waals surface area contributed by atoms with Crippen LogP contribution in [0.2, 0.25) is 0 Å². The summed E-state index contributed by atoms with van der Waals surface area (Å²) in [5.74, 6) is 1.14. The van der Waals surface area contributed by atoms with Crippen molar-refractivity contribution < 1.29 is 9.84 Å². The van der Waals surface area contributed by atoms with E-state index in [1.54, 1.807) is 13.2 Å². The summed E-state index contributed by atoms with van der Waals surface area (Å²) in [7, 11) is 1.68. The summed E-state index contributed by atoms with van der Waals surface area (Å²) in [5.41, 5.74) is 3.18. The molecule has 3 unspecified atom stereocenters. The van der Waals surface area contributed by atoms with E-state index in [1.807, 2.05) is 36.4 Å². The Morgan fingerprint density at radius 1 is 0.862 bits per heavy atom. The molecule has 1 aliphatic rings. The van der Waals surface area contributed by atoms with Crippen LogP contribution in [0.5, 0.6) is 11.5 Å². The Morgan fingerprint density at radius 2 is 1.59 bits per heavy atom. The summed E-state index contributed by atoms with van der Waals surface area (Å²) in [5, 5.41) is 17.9. The summed E-state index contributed by atoms with van der Waals surface area (Å²) in [4.78, 5) is 0. The fourth-order valence-electron chi connectivity index (χ4n) is 3.78. The van der Waals surface area contributed by atoms with Gasteiger partial charge in [-0.3, -0.25) is 10.6 Å². The van der Waals surface area contributed by atoms with E-state index < -0.39 is 0 Å². The van der Waals surface area contributed by atoms with Gasteiger partial charge >= 0.3 is 0 Å². The highest BCUT2D eigenvalue weighted by Gasteiger charge is 2.31. The second-order valence-corrected chi connectivity index (χ2v) is 8.97. The molecule has 0 spiro atoms. The number of halogens is 2. The first-order valence-electron chi connectivity index (χ1n) is 9.43. The summed E-state index contributed by atoms with van der Waals surface area (Å²) in [6.07, 6.45) is 0.737. The molecule has 3 N–H and O–H groups in total. The molecule has 1 saturated heterocycles. The molecule has 0 amide bonds. The lowest BCUT2D eigenvalue weighted by Gasteiger charge is -2.38. The van der Waals surface area contributed by atoms with E-state index in [0.717, 1.165) is 37.8 Å². The predicted octanol–water partition coefficient (Wildman–Crippen LogP) is 5.99. The lowest BCUT2D eigenvalue weighted by molar-refractivity contribution is 0.244. The number of methoxy groups -OCH3 is 1. The number of nitrogens with one attached hydrogen (secondary N) is 2. The molecular weight excluding hydrogens is 496 g/mol. The van der Waals surface area contributed by atoms with Gasteiger partial charge in [-0.2, -0.15) is 0 Å². The van der Waals surface area contributed by atoms with Crippen molar-refractivity contribution >= 4 is 31.9 Å². The molecular formula is C23H22Br2N2O2. The highest BCUT2D eigenvalue weighted by molar-refractivity contribution is 9.10. The minimum absolute atomic E-state index is 0.0152. The molecule has 0 radical (unpaired) electrons. The van der Waals surface area contributed by atoms with Gasteiger partial charge in [-0.15, -0.1) is 0 Å². The van der Waals surface area contributed by atoms with Crippen LogP contribution >= 0.6 is 31.9 Å². The number of hydrogen-bond acceptors (Lipinski definition) is 4. The molecule has 1 heterocycles. The van der Waals surface area contributed by atoms with Crippen LogP contribution < -0.4 is 15.4 Å².